The summed E-state index contributed by atoms with van der Waals surface area (Å²) >= 11 is 0. The van der Waals surface area contributed by atoms with Crippen LogP contribution in [0, 0.1) is 0 Å². The van der Waals surface area contributed by atoms with Gasteiger partial charge in [0.1, 0.15) is 6.04 Å². The molecule has 1 heterocycles. The molecular weight excluding hydrogens is 274 g/mol. The fourth-order valence-corrected chi connectivity index (χ4v) is 1.79. The molecule has 0 saturated heterocycles. The van der Waals surface area contributed by atoms with Gasteiger partial charge >= 0.3 is 5.97 Å². The van der Waals surface area contributed by atoms with Crippen LogP contribution >= 0.6 is 0 Å². The molecular formula is C13H15N5O3. The summed E-state index contributed by atoms with van der Waals surface area (Å²) in [6, 6.07) is 8.46. The zero-order valence-electron chi connectivity index (χ0n) is 11.4. The molecule has 0 saturated carbocycles. The molecule has 0 aliphatic heterocycles. The molecule has 0 fully saturated rings. The first-order valence-electron chi connectivity index (χ1n) is 6.20. The minimum atomic E-state index is -0.823. The molecule has 110 valence electrons. The van der Waals surface area contributed by atoms with Gasteiger partial charge in [-0.2, -0.15) is 4.98 Å². The number of nitrogen functional groups attached to an aromatic ring is 1. The quantitative estimate of drug-likeness (QED) is 0.660. The average molecular weight is 289 g/mol. The summed E-state index contributed by atoms with van der Waals surface area (Å²) < 4.78 is 4.70. The maximum absolute atomic E-state index is 12.0. The summed E-state index contributed by atoms with van der Waals surface area (Å²) in [5.74, 6) is -1.22. The van der Waals surface area contributed by atoms with Gasteiger partial charge in [-0.1, -0.05) is 30.3 Å². The van der Waals surface area contributed by atoms with Crippen molar-refractivity contribution in [2.75, 3.05) is 12.8 Å². The smallest absolute Gasteiger partial charge is 0.328 e. The third-order valence-electron chi connectivity index (χ3n) is 2.79. The average Bonchev–Trinajstić information content (AvgIpc) is 2.93. The Morgan fingerprint density at radius 1 is 1.38 bits per heavy atom. The molecule has 4 N–H and O–H groups in total. The van der Waals surface area contributed by atoms with Crippen LogP contribution in [0.3, 0.4) is 0 Å². The Bertz CT molecular complexity index is 626. The van der Waals surface area contributed by atoms with Crippen molar-refractivity contribution in [2.45, 2.75) is 12.5 Å². The molecule has 21 heavy (non-hydrogen) atoms. The Kier molecular flexibility index (Phi) is 4.50. The molecule has 8 heteroatoms. The predicted molar refractivity (Wildman–Crippen MR) is 74.2 cm³/mol. The predicted octanol–water partition coefficient (Wildman–Crippen LogP) is -0.0990. The van der Waals surface area contributed by atoms with Crippen molar-refractivity contribution in [3.05, 3.63) is 41.7 Å². The number of aromatic amines is 1. The van der Waals surface area contributed by atoms with Crippen molar-refractivity contribution in [3.63, 3.8) is 0 Å². The van der Waals surface area contributed by atoms with E-state index in [1.165, 1.54) is 7.11 Å². The number of esters is 1. The first-order valence-corrected chi connectivity index (χ1v) is 6.20. The SMILES string of the molecule is COC(=O)C(Cc1ccccc1)NC(=O)c1nc(N)n[nH]1. The Morgan fingerprint density at radius 2 is 2.10 bits per heavy atom. The summed E-state index contributed by atoms with van der Waals surface area (Å²) in [5.41, 5.74) is 6.23. The van der Waals surface area contributed by atoms with E-state index in [4.69, 9.17) is 10.5 Å². The largest absolute Gasteiger partial charge is 0.467 e. The van der Waals surface area contributed by atoms with E-state index in [-0.39, 0.29) is 11.8 Å². The highest BCUT2D eigenvalue weighted by atomic mass is 16.5. The second-order valence-electron chi connectivity index (χ2n) is 4.28. The van der Waals surface area contributed by atoms with Gasteiger partial charge in [0, 0.05) is 6.42 Å². The summed E-state index contributed by atoms with van der Waals surface area (Å²) in [7, 11) is 1.26. The molecule has 1 amide bonds. The highest BCUT2D eigenvalue weighted by molar-refractivity contribution is 5.93. The van der Waals surface area contributed by atoms with Gasteiger partial charge in [0.15, 0.2) is 0 Å². The maximum atomic E-state index is 12.0. The molecule has 1 aromatic carbocycles. The number of H-pyrrole nitrogens is 1. The van der Waals surface area contributed by atoms with Gasteiger partial charge in [-0.25, -0.2) is 4.79 Å². The first-order chi connectivity index (χ1) is 10.1. The summed E-state index contributed by atoms with van der Waals surface area (Å²) in [5, 5.41) is 8.48. The van der Waals surface area contributed by atoms with Crippen LogP contribution in [0.15, 0.2) is 30.3 Å². The number of hydrogen-bond acceptors (Lipinski definition) is 6. The van der Waals surface area contributed by atoms with Gasteiger partial charge in [0.2, 0.25) is 11.8 Å². The lowest BCUT2D eigenvalue weighted by molar-refractivity contribution is -0.142. The third-order valence-corrected chi connectivity index (χ3v) is 2.79. The molecule has 0 spiro atoms. The van der Waals surface area contributed by atoms with Crippen molar-refractivity contribution >= 4 is 17.8 Å². The van der Waals surface area contributed by atoms with Crippen LogP contribution in [0.5, 0.6) is 0 Å². The molecule has 2 aromatic rings. The normalized spacial score (nSPS) is 11.7. The second kappa shape index (κ2) is 6.51. The number of carbonyl (C=O) groups is 2. The molecule has 0 radical (unpaired) electrons. The fraction of sp³-hybridized carbons (Fsp3) is 0.231. The van der Waals surface area contributed by atoms with E-state index in [1.54, 1.807) is 0 Å². The van der Waals surface area contributed by atoms with Gasteiger partial charge in [-0.05, 0) is 5.56 Å². The van der Waals surface area contributed by atoms with Crippen molar-refractivity contribution in [3.8, 4) is 0 Å². The molecule has 2 rings (SSSR count). The Morgan fingerprint density at radius 3 is 2.67 bits per heavy atom. The second-order valence-corrected chi connectivity index (χ2v) is 4.28. The number of aromatic nitrogens is 3. The van der Waals surface area contributed by atoms with Gasteiger partial charge < -0.3 is 15.8 Å². The number of carbonyl (C=O) groups excluding carboxylic acids is 2. The first kappa shape index (κ1) is 14.5. The van der Waals surface area contributed by atoms with E-state index >= 15 is 0 Å². The lowest BCUT2D eigenvalue weighted by atomic mass is 10.1. The van der Waals surface area contributed by atoms with Crippen LogP contribution in [-0.2, 0) is 16.0 Å². The van der Waals surface area contributed by atoms with Gasteiger partial charge in [-0.15, -0.1) is 5.10 Å². The van der Waals surface area contributed by atoms with Gasteiger partial charge in [0.25, 0.3) is 5.91 Å². The molecule has 0 aliphatic rings. The van der Waals surface area contributed by atoms with Crippen LogP contribution in [-0.4, -0.2) is 40.2 Å². The number of benzene rings is 1. The number of hydrogen-bond donors (Lipinski definition) is 3. The van der Waals surface area contributed by atoms with Crippen molar-refractivity contribution < 1.29 is 14.3 Å². The minimum absolute atomic E-state index is 0.0437. The van der Waals surface area contributed by atoms with E-state index in [1.807, 2.05) is 30.3 Å². The van der Waals surface area contributed by atoms with E-state index in [2.05, 4.69) is 20.5 Å². The van der Waals surface area contributed by atoms with Crippen LogP contribution in [0.2, 0.25) is 0 Å². The number of nitrogens with zero attached hydrogens (tertiary/aromatic N) is 2. The Hall–Kier alpha value is -2.90. The van der Waals surface area contributed by atoms with Crippen molar-refractivity contribution in [2.24, 2.45) is 0 Å². The molecule has 1 atom stereocenters. The summed E-state index contributed by atoms with van der Waals surface area (Å²) in [6.45, 7) is 0. The van der Waals surface area contributed by atoms with Gasteiger partial charge in [-0.3, -0.25) is 9.89 Å². The van der Waals surface area contributed by atoms with E-state index in [0.29, 0.717) is 6.42 Å². The zero-order chi connectivity index (χ0) is 15.2. The maximum Gasteiger partial charge on any atom is 0.328 e. The number of anilines is 1. The van der Waals surface area contributed by atoms with E-state index in [9.17, 15) is 9.59 Å². The highest BCUT2D eigenvalue weighted by Crippen LogP contribution is 2.05. The van der Waals surface area contributed by atoms with Crippen LogP contribution in [0.4, 0.5) is 5.95 Å². The van der Waals surface area contributed by atoms with Gasteiger partial charge in [0.05, 0.1) is 7.11 Å². The third kappa shape index (κ3) is 3.78. The van der Waals surface area contributed by atoms with E-state index < -0.39 is 17.9 Å². The molecule has 1 aromatic heterocycles. The topological polar surface area (TPSA) is 123 Å². The molecule has 0 bridgehead atoms. The number of nitrogens with two attached hydrogens (primary N) is 1. The van der Waals surface area contributed by atoms with Crippen molar-refractivity contribution in [1.82, 2.24) is 20.5 Å². The number of ether oxygens (including phenoxy) is 1. The number of amides is 1. The van der Waals surface area contributed by atoms with Crippen LogP contribution in [0.25, 0.3) is 0 Å². The highest BCUT2D eigenvalue weighted by Gasteiger charge is 2.24. The molecule has 8 nitrogen and oxygen atoms in total. The molecule has 0 aliphatic carbocycles. The summed E-state index contributed by atoms with van der Waals surface area (Å²) in [6.07, 6.45) is 0.308. The van der Waals surface area contributed by atoms with Crippen LogP contribution < -0.4 is 11.1 Å². The van der Waals surface area contributed by atoms with Crippen molar-refractivity contribution in [1.29, 1.82) is 0 Å². The zero-order valence-corrected chi connectivity index (χ0v) is 11.4. The standard InChI is InChI=1S/C13H15N5O3/c1-21-12(20)9(7-8-5-3-2-4-6-8)15-11(19)10-16-13(14)18-17-10/h2-6,9H,7H2,1H3,(H,15,19)(H3,14,16,17,18). The summed E-state index contributed by atoms with van der Waals surface area (Å²) in [4.78, 5) is 27.5. The number of nitrogens with one attached hydrogen (secondary N) is 2. The minimum Gasteiger partial charge on any atom is -0.467 e. The lowest BCUT2D eigenvalue weighted by Crippen LogP contribution is -2.43. The number of methoxy groups -OCH3 is 1. The van der Waals surface area contributed by atoms with Crippen LogP contribution in [0.1, 0.15) is 16.2 Å². The molecule has 1 unspecified atom stereocenters. The Balaban J connectivity index is 2.09. The fourth-order valence-electron chi connectivity index (χ4n) is 1.79. The lowest BCUT2D eigenvalue weighted by Gasteiger charge is -2.15. The number of rotatable bonds is 5. The Labute approximate surface area is 120 Å². The van der Waals surface area contributed by atoms with E-state index in [0.717, 1.165) is 5.56 Å². The monoisotopic (exact) mass is 289 g/mol.